The maximum Gasteiger partial charge on any atom is 0.261 e. The van der Waals surface area contributed by atoms with Crippen molar-refractivity contribution in [2.75, 3.05) is 4.90 Å². The Kier molecular flexibility index (Phi) is 3.08. The van der Waals surface area contributed by atoms with Crippen molar-refractivity contribution in [2.45, 2.75) is 25.7 Å². The highest BCUT2D eigenvalue weighted by molar-refractivity contribution is 6.33. The zero-order valence-electron chi connectivity index (χ0n) is 11.0. The summed E-state index contributed by atoms with van der Waals surface area (Å²) < 4.78 is 14.0. The lowest BCUT2D eigenvalue weighted by Crippen LogP contribution is -2.32. The van der Waals surface area contributed by atoms with Crippen LogP contribution in [0.3, 0.4) is 0 Å². The first-order chi connectivity index (χ1) is 10.0. The van der Waals surface area contributed by atoms with Crippen LogP contribution in [-0.4, -0.2) is 17.8 Å². The molecule has 0 unspecified atom stereocenters. The van der Waals surface area contributed by atoms with Gasteiger partial charge in [-0.1, -0.05) is 6.07 Å². The summed E-state index contributed by atoms with van der Waals surface area (Å²) in [5.74, 6) is -3.46. The molecule has 3 rings (SSSR count). The van der Waals surface area contributed by atoms with Crippen LogP contribution < -0.4 is 10.0 Å². The summed E-state index contributed by atoms with van der Waals surface area (Å²) in [6, 6.07) is 2.99. The lowest BCUT2D eigenvalue weighted by atomic mass is 9.93. The van der Waals surface area contributed by atoms with Crippen molar-refractivity contribution < 1.29 is 23.9 Å². The second kappa shape index (κ2) is 4.80. The van der Waals surface area contributed by atoms with Gasteiger partial charge in [0.2, 0.25) is 0 Å². The first kappa shape index (κ1) is 13.5. The highest BCUT2D eigenvalue weighted by atomic mass is 19.1. The number of hydrogen-bond acceptors (Lipinski definition) is 4. The van der Waals surface area contributed by atoms with E-state index in [4.69, 9.17) is 0 Å². The molecule has 2 aliphatic rings. The SMILES string of the molecule is O=C([O-])c1ccc(N2C(=O)C3=C(CCCC3)C2=O)c(F)c1. The molecule has 0 fully saturated rings. The molecule has 1 heterocycles. The second-order valence-electron chi connectivity index (χ2n) is 5.06. The standard InChI is InChI=1S/C15H12FNO4/c16-11-7-8(15(20)21)5-6-12(11)17-13(18)9-3-1-2-4-10(9)14(17)19/h5-7H,1-4H2,(H,20,21)/p-1. The molecule has 1 aromatic carbocycles. The summed E-state index contributed by atoms with van der Waals surface area (Å²) in [6.07, 6.45) is 2.71. The fourth-order valence-electron chi connectivity index (χ4n) is 2.77. The van der Waals surface area contributed by atoms with E-state index in [9.17, 15) is 23.9 Å². The Hall–Kier alpha value is -2.50. The van der Waals surface area contributed by atoms with E-state index in [0.29, 0.717) is 24.0 Å². The number of rotatable bonds is 2. The molecule has 0 saturated carbocycles. The third-order valence-corrected chi connectivity index (χ3v) is 3.81. The number of halogens is 1. The summed E-state index contributed by atoms with van der Waals surface area (Å²) in [5.41, 5.74) is 0.349. The van der Waals surface area contributed by atoms with Gasteiger partial charge in [-0.2, -0.15) is 0 Å². The molecule has 0 aromatic heterocycles. The van der Waals surface area contributed by atoms with Crippen molar-refractivity contribution in [1.82, 2.24) is 0 Å². The summed E-state index contributed by atoms with van der Waals surface area (Å²) >= 11 is 0. The van der Waals surface area contributed by atoms with E-state index >= 15 is 0 Å². The smallest absolute Gasteiger partial charge is 0.261 e. The molecular formula is C15H11FNO4-. The Morgan fingerprint density at radius 1 is 1.10 bits per heavy atom. The van der Waals surface area contributed by atoms with E-state index in [1.165, 1.54) is 0 Å². The fraction of sp³-hybridized carbons (Fsp3) is 0.267. The quantitative estimate of drug-likeness (QED) is 0.759. The zero-order valence-corrected chi connectivity index (χ0v) is 11.0. The molecule has 0 bridgehead atoms. The van der Waals surface area contributed by atoms with Crippen LogP contribution in [0, 0.1) is 5.82 Å². The Labute approximate surface area is 119 Å². The van der Waals surface area contributed by atoms with E-state index in [2.05, 4.69) is 0 Å². The summed E-state index contributed by atoms with van der Waals surface area (Å²) in [7, 11) is 0. The molecular weight excluding hydrogens is 277 g/mol. The Balaban J connectivity index is 2.01. The van der Waals surface area contributed by atoms with Gasteiger partial charge in [0.1, 0.15) is 5.82 Å². The normalized spacial score (nSPS) is 18.2. The van der Waals surface area contributed by atoms with Crippen molar-refractivity contribution >= 4 is 23.5 Å². The minimum Gasteiger partial charge on any atom is -0.545 e. The van der Waals surface area contributed by atoms with E-state index in [1.807, 2.05) is 0 Å². The van der Waals surface area contributed by atoms with E-state index in [0.717, 1.165) is 35.9 Å². The minimum atomic E-state index is -1.52. The Bertz CT molecular complexity index is 680. The number of imide groups is 1. The summed E-state index contributed by atoms with van der Waals surface area (Å²) in [6.45, 7) is 0. The average Bonchev–Trinajstić information content (AvgIpc) is 2.72. The molecule has 108 valence electrons. The first-order valence-electron chi connectivity index (χ1n) is 6.62. The number of hydrogen-bond donors (Lipinski definition) is 0. The van der Waals surface area contributed by atoms with E-state index in [1.54, 1.807) is 0 Å². The maximum atomic E-state index is 14.0. The van der Waals surface area contributed by atoms with E-state index in [-0.39, 0.29) is 11.3 Å². The molecule has 0 spiro atoms. The zero-order chi connectivity index (χ0) is 15.1. The summed E-state index contributed by atoms with van der Waals surface area (Å²) in [4.78, 5) is 36.0. The molecule has 0 atom stereocenters. The third-order valence-electron chi connectivity index (χ3n) is 3.81. The van der Waals surface area contributed by atoms with Crippen molar-refractivity contribution in [3.05, 3.63) is 40.7 Å². The van der Waals surface area contributed by atoms with Crippen LogP contribution in [0.15, 0.2) is 29.3 Å². The average molecular weight is 288 g/mol. The van der Waals surface area contributed by atoms with Gasteiger partial charge in [0, 0.05) is 16.7 Å². The predicted molar refractivity (Wildman–Crippen MR) is 68.7 cm³/mol. The van der Waals surface area contributed by atoms with Crippen LogP contribution >= 0.6 is 0 Å². The minimum absolute atomic E-state index is 0.218. The van der Waals surface area contributed by atoms with Gasteiger partial charge in [0.15, 0.2) is 0 Å². The summed E-state index contributed by atoms with van der Waals surface area (Å²) in [5, 5.41) is 10.7. The monoisotopic (exact) mass is 288 g/mol. The van der Waals surface area contributed by atoms with Crippen LogP contribution in [0.4, 0.5) is 10.1 Å². The fourth-order valence-corrected chi connectivity index (χ4v) is 2.77. The van der Waals surface area contributed by atoms with Gasteiger partial charge in [-0.3, -0.25) is 9.59 Å². The lowest BCUT2D eigenvalue weighted by Gasteiger charge is -2.16. The largest absolute Gasteiger partial charge is 0.545 e. The number of nitrogens with zero attached hydrogens (tertiary/aromatic N) is 1. The van der Waals surface area contributed by atoms with Crippen molar-refractivity contribution in [3.8, 4) is 0 Å². The van der Waals surface area contributed by atoms with Crippen LogP contribution in [0.25, 0.3) is 0 Å². The van der Waals surface area contributed by atoms with Gasteiger partial charge in [-0.25, -0.2) is 9.29 Å². The van der Waals surface area contributed by atoms with Gasteiger partial charge >= 0.3 is 0 Å². The van der Waals surface area contributed by atoms with Gasteiger partial charge < -0.3 is 9.90 Å². The van der Waals surface area contributed by atoms with Crippen molar-refractivity contribution in [2.24, 2.45) is 0 Å². The Morgan fingerprint density at radius 3 is 2.14 bits per heavy atom. The topological polar surface area (TPSA) is 77.5 Å². The van der Waals surface area contributed by atoms with Crippen LogP contribution in [0.2, 0.25) is 0 Å². The number of carbonyl (C=O) groups is 3. The predicted octanol–water partition coefficient (Wildman–Crippen LogP) is 0.933. The molecule has 1 aliphatic carbocycles. The van der Waals surface area contributed by atoms with Crippen molar-refractivity contribution in [3.63, 3.8) is 0 Å². The van der Waals surface area contributed by atoms with Gasteiger partial charge in [0.25, 0.3) is 11.8 Å². The number of anilines is 1. The number of aromatic carboxylic acids is 1. The van der Waals surface area contributed by atoms with Gasteiger partial charge in [0.05, 0.1) is 11.7 Å². The van der Waals surface area contributed by atoms with Gasteiger partial charge in [-0.05, 0) is 37.8 Å². The lowest BCUT2D eigenvalue weighted by molar-refractivity contribution is -0.255. The van der Waals surface area contributed by atoms with Gasteiger partial charge in [-0.15, -0.1) is 0 Å². The third kappa shape index (κ3) is 2.03. The molecule has 1 aromatic rings. The Morgan fingerprint density at radius 2 is 1.67 bits per heavy atom. The number of amides is 2. The first-order valence-corrected chi connectivity index (χ1v) is 6.62. The molecule has 0 N–H and O–H groups in total. The molecule has 2 amide bonds. The highest BCUT2D eigenvalue weighted by Gasteiger charge is 2.40. The molecule has 6 heteroatoms. The highest BCUT2D eigenvalue weighted by Crippen LogP contribution is 2.36. The number of carbonyl (C=O) groups excluding carboxylic acids is 3. The van der Waals surface area contributed by atoms with Crippen LogP contribution in [0.1, 0.15) is 36.0 Å². The molecule has 0 saturated heterocycles. The number of carboxylic acids is 1. The molecule has 21 heavy (non-hydrogen) atoms. The van der Waals surface area contributed by atoms with Crippen LogP contribution in [0.5, 0.6) is 0 Å². The second-order valence-corrected chi connectivity index (χ2v) is 5.06. The van der Waals surface area contributed by atoms with E-state index < -0.39 is 23.6 Å². The van der Waals surface area contributed by atoms with Crippen LogP contribution in [-0.2, 0) is 9.59 Å². The maximum absolute atomic E-state index is 14.0. The molecule has 0 radical (unpaired) electrons. The van der Waals surface area contributed by atoms with Crippen molar-refractivity contribution in [1.29, 1.82) is 0 Å². The molecule has 5 nitrogen and oxygen atoms in total. The number of carboxylic acid groups (broad SMARTS) is 1. The molecule has 1 aliphatic heterocycles. The number of benzene rings is 1.